The monoisotopic (exact) mass is 209 g/mol. The highest BCUT2D eigenvalue weighted by Crippen LogP contribution is 2.15. The summed E-state index contributed by atoms with van der Waals surface area (Å²) in [6.45, 7) is 1.96. The summed E-state index contributed by atoms with van der Waals surface area (Å²) in [5.41, 5.74) is 0.223. The number of rotatable bonds is 4. The van der Waals surface area contributed by atoms with Crippen LogP contribution >= 0.6 is 11.8 Å². The maximum Gasteiger partial charge on any atom is 0.337 e. The molecule has 0 amide bonds. The Balaban J connectivity index is 2.59. The van der Waals surface area contributed by atoms with Gasteiger partial charge in [-0.15, -0.1) is 11.8 Å². The van der Waals surface area contributed by atoms with E-state index in [1.165, 1.54) is 6.20 Å². The Morgan fingerprint density at radius 3 is 2.93 bits per heavy atom. The summed E-state index contributed by atoms with van der Waals surface area (Å²) in [4.78, 5) is 14.5. The molecule has 0 aliphatic heterocycles. The second kappa shape index (κ2) is 5.44. The minimum atomic E-state index is -0.942. The first kappa shape index (κ1) is 10.8. The largest absolute Gasteiger partial charge is 0.478 e. The molecule has 0 saturated carbocycles. The van der Waals surface area contributed by atoms with Gasteiger partial charge in [-0.25, -0.2) is 9.78 Å². The van der Waals surface area contributed by atoms with E-state index in [9.17, 15) is 4.79 Å². The average molecular weight is 209 g/mol. The highest BCUT2D eigenvalue weighted by molar-refractivity contribution is 7.99. The number of carbonyl (C=O) groups is 1. The molecule has 14 heavy (non-hydrogen) atoms. The lowest BCUT2D eigenvalue weighted by molar-refractivity contribution is 0.0696. The fraction of sp³-hybridized carbons (Fsp3) is 0.200. The predicted octanol–water partition coefficient (Wildman–Crippen LogP) is 2.45. The molecule has 0 bridgehead atoms. The van der Waals surface area contributed by atoms with Gasteiger partial charge in [0, 0.05) is 11.9 Å². The Labute approximate surface area is 86.9 Å². The van der Waals surface area contributed by atoms with Gasteiger partial charge in [-0.2, -0.15) is 0 Å². The van der Waals surface area contributed by atoms with Crippen LogP contribution in [-0.4, -0.2) is 21.8 Å². The molecule has 0 spiro atoms. The first-order valence-electron chi connectivity index (χ1n) is 4.17. The summed E-state index contributed by atoms with van der Waals surface area (Å²) in [5.74, 6) is -0.0851. The van der Waals surface area contributed by atoms with Crippen LogP contribution in [-0.2, 0) is 0 Å². The third-order valence-corrected chi connectivity index (χ3v) is 2.44. The summed E-state index contributed by atoms with van der Waals surface area (Å²) in [6, 6.07) is 3.28. The smallest absolute Gasteiger partial charge is 0.337 e. The maximum atomic E-state index is 10.5. The van der Waals surface area contributed by atoms with E-state index >= 15 is 0 Å². The van der Waals surface area contributed by atoms with Crippen LogP contribution in [0, 0.1) is 0 Å². The minimum absolute atomic E-state index is 0.223. The zero-order chi connectivity index (χ0) is 10.4. The first-order chi connectivity index (χ1) is 6.74. The first-order valence-corrected chi connectivity index (χ1v) is 5.16. The summed E-state index contributed by atoms with van der Waals surface area (Å²) in [6.07, 6.45) is 5.37. The van der Waals surface area contributed by atoms with Gasteiger partial charge in [0.15, 0.2) is 0 Å². The SMILES string of the molecule is CC=CCSc1ccc(C(=O)O)cn1. The van der Waals surface area contributed by atoms with E-state index in [-0.39, 0.29) is 5.56 Å². The molecular weight excluding hydrogens is 198 g/mol. The van der Waals surface area contributed by atoms with E-state index in [4.69, 9.17) is 5.11 Å². The van der Waals surface area contributed by atoms with Crippen LogP contribution in [0.3, 0.4) is 0 Å². The number of carboxylic acid groups (broad SMARTS) is 1. The van der Waals surface area contributed by atoms with Gasteiger partial charge in [-0.05, 0) is 19.1 Å². The Hall–Kier alpha value is -1.29. The Morgan fingerprint density at radius 2 is 2.43 bits per heavy atom. The predicted molar refractivity (Wildman–Crippen MR) is 56.7 cm³/mol. The molecule has 4 heteroatoms. The van der Waals surface area contributed by atoms with Crippen LogP contribution < -0.4 is 0 Å². The van der Waals surface area contributed by atoms with Crippen LogP contribution in [0.15, 0.2) is 35.5 Å². The second-order valence-electron chi connectivity index (χ2n) is 2.57. The van der Waals surface area contributed by atoms with Gasteiger partial charge in [-0.1, -0.05) is 12.2 Å². The van der Waals surface area contributed by atoms with Crippen LogP contribution in [0.1, 0.15) is 17.3 Å². The molecule has 0 fully saturated rings. The number of aromatic carboxylic acids is 1. The molecule has 1 rings (SSSR count). The van der Waals surface area contributed by atoms with Crippen LogP contribution in [0.4, 0.5) is 0 Å². The zero-order valence-electron chi connectivity index (χ0n) is 7.80. The van der Waals surface area contributed by atoms with Gasteiger partial charge in [0.05, 0.1) is 10.6 Å². The van der Waals surface area contributed by atoms with E-state index in [2.05, 4.69) is 4.98 Å². The molecule has 0 aliphatic rings. The number of nitrogens with zero attached hydrogens (tertiary/aromatic N) is 1. The minimum Gasteiger partial charge on any atom is -0.478 e. The summed E-state index contributed by atoms with van der Waals surface area (Å²) in [5, 5.41) is 9.47. The fourth-order valence-corrected chi connectivity index (χ4v) is 1.57. The molecule has 74 valence electrons. The van der Waals surface area contributed by atoms with Gasteiger partial charge in [0.25, 0.3) is 0 Å². The van der Waals surface area contributed by atoms with E-state index in [1.54, 1.807) is 23.9 Å². The Bertz CT molecular complexity index is 332. The number of thioether (sulfide) groups is 1. The molecule has 1 N–H and O–H groups in total. The molecule has 1 aromatic heterocycles. The number of aromatic nitrogens is 1. The van der Waals surface area contributed by atoms with E-state index in [1.807, 2.05) is 19.1 Å². The van der Waals surface area contributed by atoms with E-state index in [0.29, 0.717) is 0 Å². The Morgan fingerprint density at radius 1 is 1.64 bits per heavy atom. The molecule has 1 aromatic rings. The van der Waals surface area contributed by atoms with Gasteiger partial charge < -0.3 is 5.11 Å². The van der Waals surface area contributed by atoms with Gasteiger partial charge in [-0.3, -0.25) is 0 Å². The molecule has 0 atom stereocenters. The molecular formula is C10H11NO2S. The standard InChI is InChI=1S/C10H11NO2S/c1-2-3-6-14-9-5-4-8(7-11-9)10(12)13/h2-5,7H,6H2,1H3,(H,12,13). The number of carboxylic acids is 1. The summed E-state index contributed by atoms with van der Waals surface area (Å²) >= 11 is 1.57. The van der Waals surface area contributed by atoms with Crippen LogP contribution in [0.2, 0.25) is 0 Å². The van der Waals surface area contributed by atoms with Crippen molar-refractivity contribution < 1.29 is 9.90 Å². The van der Waals surface area contributed by atoms with Crippen molar-refractivity contribution in [2.45, 2.75) is 11.9 Å². The normalized spacial score (nSPS) is 10.6. The topological polar surface area (TPSA) is 50.2 Å². The average Bonchev–Trinajstić information content (AvgIpc) is 2.19. The van der Waals surface area contributed by atoms with Gasteiger partial charge >= 0.3 is 5.97 Å². The number of hydrogen-bond acceptors (Lipinski definition) is 3. The highest BCUT2D eigenvalue weighted by atomic mass is 32.2. The number of pyridine rings is 1. The Kier molecular flexibility index (Phi) is 4.19. The lowest BCUT2D eigenvalue weighted by Gasteiger charge is -1.97. The van der Waals surface area contributed by atoms with Crippen molar-refractivity contribution in [1.29, 1.82) is 0 Å². The van der Waals surface area contributed by atoms with Crippen molar-refractivity contribution in [3.8, 4) is 0 Å². The molecule has 0 unspecified atom stereocenters. The zero-order valence-corrected chi connectivity index (χ0v) is 8.62. The van der Waals surface area contributed by atoms with E-state index < -0.39 is 5.97 Å². The highest BCUT2D eigenvalue weighted by Gasteiger charge is 2.02. The number of hydrogen-bond donors (Lipinski definition) is 1. The lowest BCUT2D eigenvalue weighted by atomic mass is 10.3. The second-order valence-corrected chi connectivity index (χ2v) is 3.61. The molecule has 0 saturated heterocycles. The van der Waals surface area contributed by atoms with Crippen molar-refractivity contribution >= 4 is 17.7 Å². The molecule has 3 nitrogen and oxygen atoms in total. The van der Waals surface area contributed by atoms with Crippen molar-refractivity contribution in [2.75, 3.05) is 5.75 Å². The quantitative estimate of drug-likeness (QED) is 0.611. The van der Waals surface area contributed by atoms with Crippen LogP contribution in [0.25, 0.3) is 0 Å². The summed E-state index contributed by atoms with van der Waals surface area (Å²) < 4.78 is 0. The van der Waals surface area contributed by atoms with Crippen molar-refractivity contribution in [1.82, 2.24) is 4.98 Å². The third kappa shape index (κ3) is 3.22. The lowest BCUT2D eigenvalue weighted by Crippen LogP contribution is -1.96. The van der Waals surface area contributed by atoms with Crippen molar-refractivity contribution in [3.63, 3.8) is 0 Å². The maximum absolute atomic E-state index is 10.5. The molecule has 1 heterocycles. The molecule has 0 aliphatic carbocycles. The van der Waals surface area contributed by atoms with Crippen molar-refractivity contribution in [3.05, 3.63) is 36.0 Å². The third-order valence-electron chi connectivity index (χ3n) is 1.55. The summed E-state index contributed by atoms with van der Waals surface area (Å²) in [7, 11) is 0. The molecule has 0 aromatic carbocycles. The van der Waals surface area contributed by atoms with Gasteiger partial charge in [0.1, 0.15) is 0 Å². The van der Waals surface area contributed by atoms with Gasteiger partial charge in [0.2, 0.25) is 0 Å². The van der Waals surface area contributed by atoms with Crippen LogP contribution in [0.5, 0.6) is 0 Å². The van der Waals surface area contributed by atoms with Crippen molar-refractivity contribution in [2.24, 2.45) is 0 Å². The fourth-order valence-electron chi connectivity index (χ4n) is 0.822. The van der Waals surface area contributed by atoms with E-state index in [0.717, 1.165) is 10.8 Å². The molecule has 0 radical (unpaired) electrons. The number of allylic oxidation sites excluding steroid dienone is 1.